The third-order valence-electron chi connectivity index (χ3n) is 1.99. The van der Waals surface area contributed by atoms with Crippen LogP contribution in [0.25, 0.3) is 0 Å². The van der Waals surface area contributed by atoms with E-state index in [0.717, 1.165) is 0 Å². The van der Waals surface area contributed by atoms with Gasteiger partial charge >= 0.3 is 5.97 Å². The Labute approximate surface area is 82.6 Å². The van der Waals surface area contributed by atoms with E-state index in [-0.39, 0.29) is 6.54 Å². The molecular formula is C11H11NO2. The smallest absolute Gasteiger partial charge is 0.312 e. The Morgan fingerprint density at radius 2 is 2.36 bits per heavy atom. The van der Waals surface area contributed by atoms with Gasteiger partial charge < -0.3 is 10.8 Å². The molecule has 0 saturated heterocycles. The highest BCUT2D eigenvalue weighted by Gasteiger charge is 2.17. The molecule has 1 aromatic rings. The predicted octanol–water partition coefficient (Wildman–Crippen LogP) is 0.795. The van der Waals surface area contributed by atoms with E-state index in [9.17, 15) is 4.79 Å². The van der Waals surface area contributed by atoms with Crippen LogP contribution in [0, 0.1) is 12.3 Å². The molecule has 3 heteroatoms. The maximum absolute atomic E-state index is 10.8. The minimum absolute atomic E-state index is 0.0728. The average Bonchev–Trinajstić information content (AvgIpc) is 2.19. The van der Waals surface area contributed by atoms with Crippen molar-refractivity contribution in [3.63, 3.8) is 0 Å². The van der Waals surface area contributed by atoms with Crippen LogP contribution in [0.5, 0.6) is 0 Å². The van der Waals surface area contributed by atoms with Gasteiger partial charge in [-0.3, -0.25) is 4.79 Å². The summed E-state index contributed by atoms with van der Waals surface area (Å²) in [5.74, 6) is 0.845. The molecule has 0 amide bonds. The van der Waals surface area contributed by atoms with Crippen molar-refractivity contribution in [3.8, 4) is 12.3 Å². The summed E-state index contributed by atoms with van der Waals surface area (Å²) in [6, 6.07) is 6.87. The van der Waals surface area contributed by atoms with E-state index in [0.29, 0.717) is 11.1 Å². The first-order valence-corrected chi connectivity index (χ1v) is 4.18. The topological polar surface area (TPSA) is 63.3 Å². The van der Waals surface area contributed by atoms with Gasteiger partial charge in [0.15, 0.2) is 0 Å². The minimum Gasteiger partial charge on any atom is -0.481 e. The van der Waals surface area contributed by atoms with Crippen molar-refractivity contribution in [2.45, 2.75) is 5.92 Å². The van der Waals surface area contributed by atoms with Crippen LogP contribution in [0.2, 0.25) is 0 Å². The van der Waals surface area contributed by atoms with Crippen molar-refractivity contribution in [1.82, 2.24) is 0 Å². The zero-order chi connectivity index (χ0) is 10.6. The molecule has 0 saturated carbocycles. The highest BCUT2D eigenvalue weighted by Crippen LogP contribution is 2.15. The van der Waals surface area contributed by atoms with E-state index in [1.807, 2.05) is 0 Å². The Bertz CT molecular complexity index is 379. The standard InChI is InChI=1S/C11H11NO2/c1-2-8-4-3-5-9(6-8)10(7-12)11(13)14/h1,3-6,10H,7,12H2,(H,13,14). The summed E-state index contributed by atoms with van der Waals surface area (Å²) in [5.41, 5.74) is 6.68. The molecule has 72 valence electrons. The van der Waals surface area contributed by atoms with Crippen molar-refractivity contribution in [1.29, 1.82) is 0 Å². The molecule has 0 aromatic heterocycles. The van der Waals surface area contributed by atoms with Gasteiger partial charge in [0.2, 0.25) is 0 Å². The van der Waals surface area contributed by atoms with Crippen LogP contribution in [0.1, 0.15) is 17.0 Å². The van der Waals surface area contributed by atoms with Crippen molar-refractivity contribution < 1.29 is 9.90 Å². The van der Waals surface area contributed by atoms with Crippen LogP contribution in [0.15, 0.2) is 24.3 Å². The molecule has 1 rings (SSSR count). The lowest BCUT2D eigenvalue weighted by atomic mass is 9.98. The maximum Gasteiger partial charge on any atom is 0.312 e. The Kier molecular flexibility index (Phi) is 3.27. The number of nitrogens with two attached hydrogens (primary N) is 1. The van der Waals surface area contributed by atoms with E-state index in [1.165, 1.54) is 0 Å². The first-order chi connectivity index (χ1) is 6.69. The van der Waals surface area contributed by atoms with Crippen molar-refractivity contribution in [2.24, 2.45) is 5.73 Å². The maximum atomic E-state index is 10.8. The van der Waals surface area contributed by atoms with E-state index in [1.54, 1.807) is 24.3 Å². The highest BCUT2D eigenvalue weighted by molar-refractivity contribution is 5.76. The summed E-state index contributed by atoms with van der Waals surface area (Å²) < 4.78 is 0. The van der Waals surface area contributed by atoms with Crippen LogP contribution in [0.4, 0.5) is 0 Å². The second-order valence-corrected chi connectivity index (χ2v) is 2.90. The normalized spacial score (nSPS) is 11.7. The number of carbonyl (C=O) groups is 1. The molecule has 3 nitrogen and oxygen atoms in total. The molecule has 14 heavy (non-hydrogen) atoms. The van der Waals surface area contributed by atoms with Crippen molar-refractivity contribution >= 4 is 5.97 Å². The number of benzene rings is 1. The quantitative estimate of drug-likeness (QED) is 0.691. The zero-order valence-electron chi connectivity index (χ0n) is 7.60. The van der Waals surface area contributed by atoms with Gasteiger partial charge in [-0.15, -0.1) is 6.42 Å². The summed E-state index contributed by atoms with van der Waals surface area (Å²) in [4.78, 5) is 10.8. The van der Waals surface area contributed by atoms with E-state index >= 15 is 0 Å². The summed E-state index contributed by atoms with van der Waals surface area (Å²) in [5, 5.41) is 8.86. The third kappa shape index (κ3) is 2.12. The molecule has 0 aliphatic carbocycles. The number of carboxylic acids is 1. The number of terminal acetylenes is 1. The Morgan fingerprint density at radius 1 is 1.64 bits per heavy atom. The molecule has 1 unspecified atom stereocenters. The number of carboxylic acid groups (broad SMARTS) is 1. The molecule has 0 radical (unpaired) electrons. The highest BCUT2D eigenvalue weighted by atomic mass is 16.4. The molecule has 0 bridgehead atoms. The van der Waals surface area contributed by atoms with E-state index in [4.69, 9.17) is 17.3 Å². The van der Waals surface area contributed by atoms with Crippen LogP contribution in [-0.2, 0) is 4.79 Å². The fraction of sp³-hybridized carbons (Fsp3) is 0.182. The Morgan fingerprint density at radius 3 is 2.86 bits per heavy atom. The van der Waals surface area contributed by atoms with Crippen molar-refractivity contribution in [2.75, 3.05) is 6.54 Å². The fourth-order valence-electron chi connectivity index (χ4n) is 1.22. The molecule has 1 atom stereocenters. The molecule has 0 aliphatic heterocycles. The third-order valence-corrected chi connectivity index (χ3v) is 1.99. The monoisotopic (exact) mass is 189 g/mol. The summed E-state index contributed by atoms with van der Waals surface area (Å²) in [7, 11) is 0. The first kappa shape index (κ1) is 10.3. The van der Waals surface area contributed by atoms with E-state index in [2.05, 4.69) is 5.92 Å². The predicted molar refractivity (Wildman–Crippen MR) is 53.8 cm³/mol. The molecular weight excluding hydrogens is 178 g/mol. The molecule has 0 aliphatic rings. The summed E-state index contributed by atoms with van der Waals surface area (Å²) in [6.45, 7) is 0.0728. The second kappa shape index (κ2) is 4.45. The van der Waals surface area contributed by atoms with Gasteiger partial charge in [-0.2, -0.15) is 0 Å². The van der Waals surface area contributed by atoms with Crippen LogP contribution in [0.3, 0.4) is 0 Å². The number of rotatable bonds is 3. The summed E-state index contributed by atoms with van der Waals surface area (Å²) in [6.07, 6.45) is 5.21. The molecule has 0 heterocycles. The van der Waals surface area contributed by atoms with E-state index < -0.39 is 11.9 Å². The Balaban J connectivity index is 3.05. The Hall–Kier alpha value is -1.79. The van der Waals surface area contributed by atoms with Crippen LogP contribution >= 0.6 is 0 Å². The first-order valence-electron chi connectivity index (χ1n) is 4.18. The molecule has 0 fully saturated rings. The van der Waals surface area contributed by atoms with Gasteiger partial charge in [0.25, 0.3) is 0 Å². The van der Waals surface area contributed by atoms with Gasteiger partial charge in [-0.05, 0) is 17.7 Å². The van der Waals surface area contributed by atoms with Gasteiger partial charge in [-0.25, -0.2) is 0 Å². The average molecular weight is 189 g/mol. The van der Waals surface area contributed by atoms with Gasteiger partial charge in [0.1, 0.15) is 0 Å². The molecule has 3 N–H and O–H groups in total. The summed E-state index contributed by atoms with van der Waals surface area (Å²) >= 11 is 0. The van der Waals surface area contributed by atoms with Gasteiger partial charge in [-0.1, -0.05) is 18.1 Å². The lowest BCUT2D eigenvalue weighted by Gasteiger charge is -2.09. The fourth-order valence-corrected chi connectivity index (χ4v) is 1.22. The van der Waals surface area contributed by atoms with Crippen LogP contribution < -0.4 is 5.73 Å². The SMILES string of the molecule is C#Cc1cccc(C(CN)C(=O)O)c1. The van der Waals surface area contributed by atoms with Crippen LogP contribution in [-0.4, -0.2) is 17.6 Å². The number of aliphatic carboxylic acids is 1. The minimum atomic E-state index is -0.929. The zero-order valence-corrected chi connectivity index (χ0v) is 7.60. The molecule has 1 aromatic carbocycles. The lowest BCUT2D eigenvalue weighted by molar-refractivity contribution is -0.138. The number of hydrogen-bond acceptors (Lipinski definition) is 2. The lowest BCUT2D eigenvalue weighted by Crippen LogP contribution is -2.21. The molecule has 0 spiro atoms. The number of hydrogen-bond donors (Lipinski definition) is 2. The van der Waals surface area contributed by atoms with Gasteiger partial charge in [0.05, 0.1) is 5.92 Å². The van der Waals surface area contributed by atoms with Crippen molar-refractivity contribution in [3.05, 3.63) is 35.4 Å². The largest absolute Gasteiger partial charge is 0.481 e. The second-order valence-electron chi connectivity index (χ2n) is 2.90. The van der Waals surface area contributed by atoms with Gasteiger partial charge in [0, 0.05) is 12.1 Å².